The second-order valence-corrected chi connectivity index (χ2v) is 11.5. The molecule has 10 heteroatoms. The van der Waals surface area contributed by atoms with E-state index in [1.807, 2.05) is 35.2 Å². The second-order valence-electron chi connectivity index (χ2n) is 11.5. The summed E-state index contributed by atoms with van der Waals surface area (Å²) in [5, 5.41) is 17.9. The van der Waals surface area contributed by atoms with Crippen LogP contribution in [0.2, 0.25) is 0 Å². The van der Waals surface area contributed by atoms with E-state index in [0.717, 1.165) is 38.0 Å². The van der Waals surface area contributed by atoms with Crippen molar-refractivity contribution in [1.82, 2.24) is 24.7 Å². The molecule has 4 heterocycles. The highest BCUT2D eigenvalue weighted by Crippen LogP contribution is 2.27. The molecule has 2 saturated heterocycles. The Bertz CT molecular complexity index is 1410. The minimum absolute atomic E-state index is 0.0150. The minimum Gasteiger partial charge on any atom is -0.390 e. The number of fused-ring (bicyclic) bond motifs is 1. The van der Waals surface area contributed by atoms with Gasteiger partial charge in [-0.1, -0.05) is 42.5 Å². The number of nitrogens with one attached hydrogen (secondary N) is 2. The summed E-state index contributed by atoms with van der Waals surface area (Å²) in [6, 6.07) is 20.0. The summed E-state index contributed by atoms with van der Waals surface area (Å²) in [5.74, 6) is 0.770. The van der Waals surface area contributed by atoms with Gasteiger partial charge in [-0.05, 0) is 48.9 Å². The summed E-state index contributed by atoms with van der Waals surface area (Å²) >= 11 is 0. The van der Waals surface area contributed by atoms with Crippen LogP contribution in [0.4, 0.5) is 17.5 Å². The zero-order valence-corrected chi connectivity index (χ0v) is 24.1. The van der Waals surface area contributed by atoms with Gasteiger partial charge in [0.2, 0.25) is 11.9 Å². The molecule has 0 unspecified atom stereocenters. The van der Waals surface area contributed by atoms with Crippen molar-refractivity contribution in [2.75, 3.05) is 43.4 Å². The molecule has 0 radical (unpaired) electrons. The van der Waals surface area contributed by atoms with Gasteiger partial charge < -0.3 is 25.5 Å². The largest absolute Gasteiger partial charge is 0.390 e. The van der Waals surface area contributed by atoms with E-state index in [2.05, 4.69) is 49.8 Å². The number of aromatic nitrogens is 2. The molecule has 0 saturated carbocycles. The highest BCUT2D eigenvalue weighted by Gasteiger charge is 2.36. The van der Waals surface area contributed by atoms with Crippen LogP contribution in [0.5, 0.6) is 0 Å². The topological polar surface area (TPSA) is 114 Å². The van der Waals surface area contributed by atoms with Crippen LogP contribution in [0.15, 0.2) is 60.7 Å². The smallest absolute Gasteiger partial charge is 0.272 e. The maximum absolute atomic E-state index is 13.8. The molecule has 0 spiro atoms. The fourth-order valence-electron chi connectivity index (χ4n) is 6.38. The molecule has 0 bridgehead atoms. The number of nitrogens with zero attached hydrogens (tertiary/aromatic N) is 5. The first kappa shape index (κ1) is 28.1. The van der Waals surface area contributed by atoms with E-state index >= 15 is 0 Å². The number of anilines is 3. The van der Waals surface area contributed by atoms with Gasteiger partial charge in [-0.25, -0.2) is 4.98 Å². The number of β-amino-alcohol motifs (C(OH)–C–C–N with tert-alkyl or cyclic N) is 1. The first-order valence-corrected chi connectivity index (χ1v) is 14.9. The van der Waals surface area contributed by atoms with Crippen LogP contribution in [0.1, 0.15) is 47.8 Å². The van der Waals surface area contributed by atoms with Crippen molar-refractivity contribution in [1.29, 1.82) is 0 Å². The lowest BCUT2D eigenvalue weighted by Crippen LogP contribution is -2.56. The lowest BCUT2D eigenvalue weighted by Gasteiger charge is -2.43. The fourth-order valence-corrected chi connectivity index (χ4v) is 6.38. The average molecular weight is 570 g/mol. The highest BCUT2D eigenvalue weighted by molar-refractivity contribution is 5.93. The Morgan fingerprint density at radius 3 is 2.33 bits per heavy atom. The Balaban J connectivity index is 1.16. The molecule has 2 atom stereocenters. The number of hydrogen-bond donors (Lipinski definition) is 3. The molecule has 2 amide bonds. The number of para-hydroxylation sites is 1. The van der Waals surface area contributed by atoms with Gasteiger partial charge in [0.25, 0.3) is 5.91 Å². The quantitative estimate of drug-likeness (QED) is 0.415. The van der Waals surface area contributed by atoms with E-state index in [9.17, 15) is 14.7 Å². The van der Waals surface area contributed by atoms with Gasteiger partial charge in [0.1, 0.15) is 11.5 Å². The van der Waals surface area contributed by atoms with E-state index in [1.165, 1.54) is 11.1 Å². The SMILES string of the molecule is CC(=O)N1CCC(Nc2cc(C(=O)N3CC[C@@H](N4CCc5ccccc5C4)[C@H](O)C3)nc(Nc3ccccc3)n2)CC1. The van der Waals surface area contributed by atoms with Gasteiger partial charge in [0, 0.05) is 70.0 Å². The van der Waals surface area contributed by atoms with Crippen molar-refractivity contribution in [3.05, 3.63) is 77.5 Å². The van der Waals surface area contributed by atoms with Crippen LogP contribution >= 0.6 is 0 Å². The zero-order chi connectivity index (χ0) is 29.1. The number of rotatable bonds is 6. The van der Waals surface area contributed by atoms with Gasteiger partial charge >= 0.3 is 0 Å². The molecule has 42 heavy (non-hydrogen) atoms. The monoisotopic (exact) mass is 569 g/mol. The predicted molar refractivity (Wildman–Crippen MR) is 162 cm³/mol. The van der Waals surface area contributed by atoms with Crippen LogP contribution < -0.4 is 10.6 Å². The number of aliphatic hydroxyl groups excluding tert-OH is 1. The average Bonchev–Trinajstić information content (AvgIpc) is 3.01. The molecule has 0 aliphatic carbocycles. The van der Waals surface area contributed by atoms with Crippen molar-refractivity contribution in [2.24, 2.45) is 0 Å². The molecule has 1 aromatic heterocycles. The third-order valence-corrected chi connectivity index (χ3v) is 8.73. The first-order chi connectivity index (χ1) is 20.4. The van der Waals surface area contributed by atoms with Crippen molar-refractivity contribution < 1.29 is 14.7 Å². The normalized spacial score (nSPS) is 21.5. The number of hydrogen-bond acceptors (Lipinski definition) is 8. The Morgan fingerprint density at radius 1 is 0.881 bits per heavy atom. The van der Waals surface area contributed by atoms with Crippen LogP contribution in [0, 0.1) is 0 Å². The van der Waals surface area contributed by atoms with Crippen molar-refractivity contribution in [3.63, 3.8) is 0 Å². The van der Waals surface area contributed by atoms with E-state index < -0.39 is 6.10 Å². The lowest BCUT2D eigenvalue weighted by molar-refractivity contribution is -0.129. The maximum atomic E-state index is 13.8. The van der Waals surface area contributed by atoms with E-state index in [4.69, 9.17) is 0 Å². The Kier molecular flexibility index (Phi) is 8.34. The summed E-state index contributed by atoms with van der Waals surface area (Å²) in [5.41, 5.74) is 3.81. The zero-order valence-electron chi connectivity index (χ0n) is 24.1. The molecule has 2 fully saturated rings. The standard InChI is InChI=1S/C32H39N7O3/c1-22(40)37-16-12-26(13-17-37)33-30-19-27(35-32(36-30)34-25-9-3-2-4-10-25)31(42)39-18-14-28(29(41)21-39)38-15-11-23-7-5-6-8-24(23)20-38/h2-10,19,26,28-29,41H,11-18,20-21H2,1H3,(H2,33,34,35,36)/t28-,29-/m1/s1. The molecule has 3 N–H and O–H groups in total. The van der Waals surface area contributed by atoms with E-state index in [1.54, 1.807) is 17.9 Å². The van der Waals surface area contributed by atoms with Gasteiger partial charge in [-0.15, -0.1) is 0 Å². The van der Waals surface area contributed by atoms with Crippen molar-refractivity contribution in [2.45, 2.75) is 57.3 Å². The van der Waals surface area contributed by atoms with Gasteiger partial charge in [-0.2, -0.15) is 4.98 Å². The summed E-state index contributed by atoms with van der Waals surface area (Å²) < 4.78 is 0. The Morgan fingerprint density at radius 2 is 1.60 bits per heavy atom. The van der Waals surface area contributed by atoms with Crippen LogP contribution in [-0.4, -0.2) is 92.5 Å². The lowest BCUT2D eigenvalue weighted by atomic mass is 9.94. The van der Waals surface area contributed by atoms with Gasteiger partial charge in [-0.3, -0.25) is 14.5 Å². The molecular weight excluding hydrogens is 530 g/mol. The Hall–Kier alpha value is -4.02. The maximum Gasteiger partial charge on any atom is 0.272 e. The Labute approximate surface area is 246 Å². The second kappa shape index (κ2) is 12.5. The third kappa shape index (κ3) is 6.39. The number of likely N-dealkylation sites (tertiary alicyclic amines) is 2. The minimum atomic E-state index is -0.638. The van der Waals surface area contributed by atoms with Crippen LogP contribution in [0.3, 0.4) is 0 Å². The van der Waals surface area contributed by atoms with E-state index in [-0.39, 0.29) is 36.1 Å². The van der Waals surface area contributed by atoms with Crippen LogP contribution in [-0.2, 0) is 17.8 Å². The first-order valence-electron chi connectivity index (χ1n) is 14.9. The number of carbonyl (C=O) groups is 2. The van der Waals surface area contributed by atoms with Crippen molar-refractivity contribution in [3.8, 4) is 0 Å². The fraction of sp³-hybridized carbons (Fsp3) is 0.438. The van der Waals surface area contributed by atoms with Crippen molar-refractivity contribution >= 4 is 29.3 Å². The molecular formula is C32H39N7O3. The number of piperidine rings is 2. The molecule has 6 rings (SSSR count). The molecule has 220 valence electrons. The molecule has 10 nitrogen and oxygen atoms in total. The summed E-state index contributed by atoms with van der Waals surface area (Å²) in [6.45, 7) is 5.53. The molecule has 3 aliphatic rings. The van der Waals surface area contributed by atoms with Gasteiger partial charge in [0.15, 0.2) is 0 Å². The summed E-state index contributed by atoms with van der Waals surface area (Å²) in [7, 11) is 0. The summed E-state index contributed by atoms with van der Waals surface area (Å²) in [4.78, 5) is 40.7. The molecule has 3 aliphatic heterocycles. The van der Waals surface area contributed by atoms with Gasteiger partial charge in [0.05, 0.1) is 6.10 Å². The van der Waals surface area contributed by atoms with E-state index in [0.29, 0.717) is 37.8 Å². The molecule has 3 aromatic rings. The highest BCUT2D eigenvalue weighted by atomic mass is 16.3. The van der Waals surface area contributed by atoms with Crippen LogP contribution in [0.25, 0.3) is 0 Å². The number of amides is 2. The number of benzene rings is 2. The number of carbonyl (C=O) groups excluding carboxylic acids is 2. The third-order valence-electron chi connectivity index (χ3n) is 8.73. The number of aliphatic hydroxyl groups is 1. The molecule has 2 aromatic carbocycles. The summed E-state index contributed by atoms with van der Waals surface area (Å²) in [6.07, 6.45) is 2.64. The predicted octanol–water partition coefficient (Wildman–Crippen LogP) is 3.28.